The molecule has 0 spiro atoms. The molecule has 164 valence electrons. The first-order valence-electron chi connectivity index (χ1n) is 10.9. The zero-order valence-corrected chi connectivity index (χ0v) is 19.5. The lowest BCUT2D eigenvalue weighted by Crippen LogP contribution is -2.32. The fraction of sp³-hybridized carbons (Fsp3) is 0.154. The summed E-state index contributed by atoms with van der Waals surface area (Å²) in [7, 11) is 0. The molecule has 2 aliphatic rings. The van der Waals surface area contributed by atoms with Crippen LogP contribution in [0.15, 0.2) is 89.2 Å². The molecule has 1 aromatic heterocycles. The molecule has 0 saturated carbocycles. The van der Waals surface area contributed by atoms with E-state index in [1.807, 2.05) is 41.9 Å². The number of nitrogens with one attached hydrogen (secondary N) is 1. The zero-order valence-electron chi connectivity index (χ0n) is 17.9. The lowest BCUT2D eigenvalue weighted by molar-refractivity contribution is 0.223. The van der Waals surface area contributed by atoms with Crippen molar-refractivity contribution in [3.05, 3.63) is 106 Å². The second kappa shape index (κ2) is 8.08. The molecular weight excluding hydrogens is 480 g/mol. The lowest BCUT2D eigenvalue weighted by Gasteiger charge is -2.39. The molecule has 0 radical (unpaired) electrons. The highest BCUT2D eigenvalue weighted by atomic mass is 79.9. The van der Waals surface area contributed by atoms with Gasteiger partial charge in [-0.2, -0.15) is 10.1 Å². The highest BCUT2D eigenvalue weighted by Crippen LogP contribution is 2.50. The van der Waals surface area contributed by atoms with Crippen LogP contribution in [0.25, 0.3) is 5.70 Å². The number of rotatable bonds is 4. The van der Waals surface area contributed by atoms with Crippen LogP contribution in [0.4, 0.5) is 5.95 Å². The Hall–Kier alpha value is -3.58. The Balaban J connectivity index is 1.56. The van der Waals surface area contributed by atoms with Crippen LogP contribution >= 0.6 is 15.9 Å². The van der Waals surface area contributed by atoms with Crippen molar-refractivity contribution in [2.24, 2.45) is 0 Å². The van der Waals surface area contributed by atoms with Gasteiger partial charge < -0.3 is 14.8 Å². The van der Waals surface area contributed by atoms with Crippen molar-refractivity contribution in [2.45, 2.75) is 19.1 Å². The summed E-state index contributed by atoms with van der Waals surface area (Å²) in [6.45, 7) is 2.62. The van der Waals surface area contributed by atoms with Crippen LogP contribution in [0.3, 0.4) is 0 Å². The van der Waals surface area contributed by atoms with Crippen LogP contribution in [0, 0.1) is 0 Å². The topological polar surface area (TPSA) is 61.2 Å². The van der Waals surface area contributed by atoms with Crippen molar-refractivity contribution in [3.63, 3.8) is 0 Å². The van der Waals surface area contributed by atoms with Gasteiger partial charge in [0.2, 0.25) is 5.95 Å². The third-order valence-electron chi connectivity index (χ3n) is 6.00. The molecule has 0 aliphatic carbocycles. The highest BCUT2D eigenvalue weighted by molar-refractivity contribution is 9.10. The first kappa shape index (κ1) is 20.1. The number of ether oxygens (including phenoxy) is 2. The minimum Gasteiger partial charge on any atom is -0.494 e. The van der Waals surface area contributed by atoms with E-state index in [0.29, 0.717) is 12.6 Å². The van der Waals surface area contributed by atoms with Crippen molar-refractivity contribution in [1.29, 1.82) is 0 Å². The molecule has 0 bridgehead atoms. The predicted molar refractivity (Wildman–Crippen MR) is 130 cm³/mol. The van der Waals surface area contributed by atoms with Gasteiger partial charge in [-0.25, -0.2) is 4.68 Å². The normalized spacial score (nSPS) is 18.5. The molecule has 2 atom stereocenters. The average Bonchev–Trinajstić information content (AvgIpc) is 3.32. The monoisotopic (exact) mass is 500 g/mol. The van der Waals surface area contributed by atoms with Gasteiger partial charge in [-0.1, -0.05) is 52.3 Å². The maximum atomic E-state index is 6.64. The molecular formula is C26H21BrN4O2. The number of para-hydroxylation sites is 1. The summed E-state index contributed by atoms with van der Waals surface area (Å²) in [5.74, 6) is 2.39. The van der Waals surface area contributed by atoms with E-state index in [0.717, 1.165) is 43.9 Å². The van der Waals surface area contributed by atoms with Crippen LogP contribution < -0.4 is 14.8 Å². The van der Waals surface area contributed by atoms with Gasteiger partial charge in [0.25, 0.3) is 0 Å². The lowest BCUT2D eigenvalue weighted by atomic mass is 9.84. The minimum atomic E-state index is -0.302. The van der Waals surface area contributed by atoms with Crippen LogP contribution in [0.2, 0.25) is 0 Å². The van der Waals surface area contributed by atoms with Gasteiger partial charge in [-0.15, -0.1) is 0 Å². The van der Waals surface area contributed by atoms with E-state index in [4.69, 9.17) is 9.47 Å². The summed E-state index contributed by atoms with van der Waals surface area (Å²) in [6.07, 6.45) is 1.29. The first-order valence-corrected chi connectivity index (χ1v) is 11.7. The van der Waals surface area contributed by atoms with Crippen LogP contribution in [-0.4, -0.2) is 21.4 Å². The van der Waals surface area contributed by atoms with Gasteiger partial charge in [-0.05, 0) is 54.4 Å². The number of halogens is 1. The van der Waals surface area contributed by atoms with Gasteiger partial charge in [0.1, 0.15) is 30.0 Å². The molecule has 0 fully saturated rings. The third kappa shape index (κ3) is 3.40. The van der Waals surface area contributed by atoms with Gasteiger partial charge in [0.15, 0.2) is 0 Å². The number of hydrogen-bond donors (Lipinski definition) is 1. The van der Waals surface area contributed by atoms with E-state index in [9.17, 15) is 0 Å². The van der Waals surface area contributed by atoms with Crippen molar-refractivity contribution in [3.8, 4) is 11.5 Å². The SMILES string of the molecule is CCOc1ccc(C2Oc3ccccc3C3=C2C(c2ccc(Br)cc2)n2ncnc2N3)cc1. The number of benzene rings is 3. The van der Waals surface area contributed by atoms with Crippen molar-refractivity contribution < 1.29 is 9.47 Å². The maximum absolute atomic E-state index is 6.64. The molecule has 6 nitrogen and oxygen atoms in total. The number of anilines is 1. The largest absolute Gasteiger partial charge is 0.494 e. The molecule has 0 saturated heterocycles. The standard InChI is InChI=1S/C26H21BrN4O2/c1-2-32-19-13-9-17(10-14-19)25-22-23(20-5-3-4-6-21(20)33-25)30-26-28-15-29-31(26)24(22)16-7-11-18(27)12-8-16/h3-15,24-25H,2H2,1H3,(H,28,29,30). The quantitative estimate of drug-likeness (QED) is 0.372. The summed E-state index contributed by atoms with van der Waals surface area (Å²) in [5, 5.41) is 8.10. The van der Waals surface area contributed by atoms with E-state index in [-0.39, 0.29) is 12.1 Å². The Morgan fingerprint density at radius 3 is 2.55 bits per heavy atom. The summed E-state index contributed by atoms with van der Waals surface area (Å²) >= 11 is 3.56. The fourth-order valence-electron chi connectivity index (χ4n) is 4.56. The molecule has 3 aromatic carbocycles. The summed E-state index contributed by atoms with van der Waals surface area (Å²) < 4.78 is 15.3. The van der Waals surface area contributed by atoms with Gasteiger partial charge in [0.05, 0.1) is 12.3 Å². The first-order chi connectivity index (χ1) is 16.2. The van der Waals surface area contributed by atoms with E-state index in [2.05, 4.69) is 73.8 Å². The Bertz CT molecular complexity index is 1350. The van der Waals surface area contributed by atoms with Crippen LogP contribution in [0.1, 0.15) is 35.8 Å². The summed E-state index contributed by atoms with van der Waals surface area (Å²) in [4.78, 5) is 4.48. The molecule has 3 heterocycles. The van der Waals surface area contributed by atoms with E-state index in [1.54, 1.807) is 6.33 Å². The van der Waals surface area contributed by atoms with Crippen molar-refractivity contribution in [1.82, 2.24) is 14.8 Å². The fourth-order valence-corrected chi connectivity index (χ4v) is 4.83. The van der Waals surface area contributed by atoms with E-state index >= 15 is 0 Å². The third-order valence-corrected chi connectivity index (χ3v) is 6.53. The molecule has 4 aromatic rings. The molecule has 0 amide bonds. The number of hydrogen-bond acceptors (Lipinski definition) is 5. The Morgan fingerprint density at radius 2 is 1.76 bits per heavy atom. The van der Waals surface area contributed by atoms with Crippen molar-refractivity contribution >= 4 is 27.6 Å². The van der Waals surface area contributed by atoms with E-state index in [1.165, 1.54) is 0 Å². The molecule has 1 N–H and O–H groups in total. The Morgan fingerprint density at radius 1 is 1.00 bits per heavy atom. The summed E-state index contributed by atoms with van der Waals surface area (Å²) in [6, 6.07) is 24.4. The minimum absolute atomic E-state index is 0.170. The molecule has 2 aliphatic heterocycles. The number of aromatic nitrogens is 3. The van der Waals surface area contributed by atoms with Gasteiger partial charge in [-0.3, -0.25) is 0 Å². The van der Waals surface area contributed by atoms with Gasteiger partial charge >= 0.3 is 0 Å². The second-order valence-corrected chi connectivity index (χ2v) is 8.85. The maximum Gasteiger partial charge on any atom is 0.226 e. The molecule has 7 heteroatoms. The van der Waals surface area contributed by atoms with Crippen LogP contribution in [0.5, 0.6) is 11.5 Å². The number of nitrogens with zero attached hydrogens (tertiary/aromatic N) is 3. The highest BCUT2D eigenvalue weighted by Gasteiger charge is 2.40. The Kier molecular flexibility index (Phi) is 4.91. The Labute approximate surface area is 200 Å². The van der Waals surface area contributed by atoms with Crippen molar-refractivity contribution in [2.75, 3.05) is 11.9 Å². The summed E-state index contributed by atoms with van der Waals surface area (Å²) in [5.41, 5.74) is 5.29. The smallest absolute Gasteiger partial charge is 0.226 e. The molecule has 33 heavy (non-hydrogen) atoms. The molecule has 6 rings (SSSR count). The van der Waals surface area contributed by atoms with Gasteiger partial charge in [0, 0.05) is 15.6 Å². The second-order valence-electron chi connectivity index (χ2n) is 7.93. The molecule has 2 unspecified atom stereocenters. The van der Waals surface area contributed by atoms with Crippen LogP contribution in [-0.2, 0) is 0 Å². The zero-order chi connectivity index (χ0) is 22.4. The number of fused-ring (bicyclic) bond motifs is 3. The predicted octanol–water partition coefficient (Wildman–Crippen LogP) is 6.00. The average molecular weight is 501 g/mol. The van der Waals surface area contributed by atoms with E-state index < -0.39 is 0 Å².